The molecule has 0 aromatic heterocycles. The molecule has 7 heteroatoms. The first-order valence-corrected chi connectivity index (χ1v) is 11.0. The zero-order chi connectivity index (χ0) is 21.7. The molecule has 1 unspecified atom stereocenters. The third kappa shape index (κ3) is 5.31. The number of carbonyl (C=O) groups excluding carboxylic acids is 1. The first-order chi connectivity index (χ1) is 14.3. The summed E-state index contributed by atoms with van der Waals surface area (Å²) in [5.74, 6) is -1.08. The summed E-state index contributed by atoms with van der Waals surface area (Å²) in [5.41, 5.74) is 2.75. The lowest BCUT2D eigenvalue weighted by Crippen LogP contribution is -2.29. The Labute approximate surface area is 175 Å². The predicted molar refractivity (Wildman–Crippen MR) is 115 cm³/mol. The van der Waals surface area contributed by atoms with Crippen LogP contribution in [0.5, 0.6) is 0 Å². The lowest BCUT2D eigenvalue weighted by atomic mass is 9.96. The largest absolute Gasteiger partial charge is 0.355 e. The minimum atomic E-state index is -3.72. The number of carbonyl (C=O) groups is 1. The van der Waals surface area contributed by atoms with Gasteiger partial charge in [-0.15, -0.1) is 0 Å². The second-order valence-corrected chi connectivity index (χ2v) is 8.62. The zero-order valence-electron chi connectivity index (χ0n) is 16.5. The highest BCUT2D eigenvalue weighted by atomic mass is 32.2. The van der Waals surface area contributed by atoms with Crippen LogP contribution in [0.25, 0.3) is 11.1 Å². The number of nitrogens with one attached hydrogen (secondary N) is 1. The monoisotopic (exact) mass is 426 g/mol. The maximum atomic E-state index is 14.6. The molecule has 5 nitrogen and oxygen atoms in total. The number of amides is 1. The highest BCUT2D eigenvalue weighted by molar-refractivity contribution is 7.89. The molecule has 0 aliphatic rings. The van der Waals surface area contributed by atoms with Crippen molar-refractivity contribution < 1.29 is 17.6 Å². The van der Waals surface area contributed by atoms with E-state index in [1.54, 1.807) is 31.2 Å². The molecule has 0 radical (unpaired) electrons. The molecule has 3 N–H and O–H groups in total. The summed E-state index contributed by atoms with van der Waals surface area (Å²) in [4.78, 5) is 12.5. The molecule has 0 aliphatic heterocycles. The van der Waals surface area contributed by atoms with E-state index in [9.17, 15) is 17.6 Å². The van der Waals surface area contributed by atoms with Crippen molar-refractivity contribution in [2.24, 2.45) is 5.14 Å². The van der Waals surface area contributed by atoms with Crippen molar-refractivity contribution in [3.8, 4) is 11.1 Å². The van der Waals surface area contributed by atoms with Crippen molar-refractivity contribution in [3.63, 3.8) is 0 Å². The number of rotatable bonds is 7. The van der Waals surface area contributed by atoms with Gasteiger partial charge in [0.25, 0.3) is 0 Å². The molecular formula is C23H23FN2O3S. The van der Waals surface area contributed by atoms with Gasteiger partial charge in [0.05, 0.1) is 10.8 Å². The van der Waals surface area contributed by atoms with Crippen LogP contribution in [0.3, 0.4) is 0 Å². The first-order valence-electron chi connectivity index (χ1n) is 9.50. The molecule has 30 heavy (non-hydrogen) atoms. The van der Waals surface area contributed by atoms with Crippen LogP contribution >= 0.6 is 0 Å². The SMILES string of the molecule is CC(C(=O)NCCc1ccc(S(N)(=O)=O)cc1)c1ccc(-c2ccccc2)c(F)c1. The Hall–Kier alpha value is -3.03. The maximum Gasteiger partial charge on any atom is 0.238 e. The third-order valence-electron chi connectivity index (χ3n) is 4.94. The van der Waals surface area contributed by atoms with Gasteiger partial charge in [-0.05, 0) is 48.2 Å². The maximum absolute atomic E-state index is 14.6. The first kappa shape index (κ1) is 21.7. The fourth-order valence-electron chi connectivity index (χ4n) is 3.13. The van der Waals surface area contributed by atoms with Gasteiger partial charge < -0.3 is 5.32 Å². The van der Waals surface area contributed by atoms with Crippen LogP contribution in [0.15, 0.2) is 77.7 Å². The Morgan fingerprint density at radius 3 is 2.30 bits per heavy atom. The number of hydrogen-bond donors (Lipinski definition) is 2. The van der Waals surface area contributed by atoms with Gasteiger partial charge in [0.15, 0.2) is 0 Å². The lowest BCUT2D eigenvalue weighted by molar-refractivity contribution is -0.122. The molecule has 0 spiro atoms. The van der Waals surface area contributed by atoms with Crippen LogP contribution in [0, 0.1) is 5.82 Å². The quantitative estimate of drug-likeness (QED) is 0.605. The predicted octanol–water partition coefficient (Wildman–Crippen LogP) is 3.60. The zero-order valence-corrected chi connectivity index (χ0v) is 17.3. The molecule has 1 atom stereocenters. The van der Waals surface area contributed by atoms with E-state index in [-0.39, 0.29) is 16.6 Å². The number of hydrogen-bond acceptors (Lipinski definition) is 3. The van der Waals surface area contributed by atoms with Gasteiger partial charge in [-0.3, -0.25) is 4.79 Å². The minimum absolute atomic E-state index is 0.0462. The second-order valence-electron chi connectivity index (χ2n) is 7.06. The normalized spacial score (nSPS) is 12.4. The molecule has 0 aliphatic carbocycles. The van der Waals surface area contributed by atoms with E-state index >= 15 is 0 Å². The molecule has 156 valence electrons. The van der Waals surface area contributed by atoms with E-state index in [0.29, 0.717) is 24.1 Å². The fourth-order valence-corrected chi connectivity index (χ4v) is 3.65. The number of primary sulfonamides is 1. The average molecular weight is 427 g/mol. The molecule has 0 heterocycles. The summed E-state index contributed by atoms with van der Waals surface area (Å²) in [5, 5.41) is 7.91. The molecule has 0 bridgehead atoms. The third-order valence-corrected chi connectivity index (χ3v) is 5.87. The van der Waals surface area contributed by atoms with Crippen molar-refractivity contribution in [2.75, 3.05) is 6.54 Å². The lowest BCUT2D eigenvalue weighted by Gasteiger charge is -2.14. The molecule has 3 aromatic carbocycles. The molecule has 3 rings (SSSR count). The van der Waals surface area contributed by atoms with E-state index in [2.05, 4.69) is 5.32 Å². The molecule has 0 saturated carbocycles. The number of sulfonamides is 1. The van der Waals surface area contributed by atoms with Gasteiger partial charge in [0.2, 0.25) is 15.9 Å². The summed E-state index contributed by atoms with van der Waals surface area (Å²) < 4.78 is 37.1. The van der Waals surface area contributed by atoms with Crippen LogP contribution in [0.4, 0.5) is 4.39 Å². The molecule has 3 aromatic rings. The van der Waals surface area contributed by atoms with Gasteiger partial charge in [-0.1, -0.05) is 54.6 Å². The van der Waals surface area contributed by atoms with E-state index < -0.39 is 15.9 Å². The molecule has 1 amide bonds. The topological polar surface area (TPSA) is 89.3 Å². The van der Waals surface area contributed by atoms with Crippen molar-refractivity contribution in [2.45, 2.75) is 24.2 Å². The Kier molecular flexibility index (Phi) is 6.64. The standard InChI is InChI=1S/C23H23FN2O3S/c1-16(19-9-12-21(22(24)15-19)18-5-3-2-4-6-18)23(27)26-14-13-17-7-10-20(11-8-17)30(25,28)29/h2-12,15-16H,13-14H2,1H3,(H,26,27)(H2,25,28,29). The van der Waals surface area contributed by atoms with Crippen molar-refractivity contribution >= 4 is 15.9 Å². The van der Waals surface area contributed by atoms with Crippen LogP contribution < -0.4 is 10.5 Å². The number of halogens is 1. The van der Waals surface area contributed by atoms with Gasteiger partial charge >= 0.3 is 0 Å². The Morgan fingerprint density at radius 2 is 1.70 bits per heavy atom. The Balaban J connectivity index is 1.59. The van der Waals surface area contributed by atoms with Crippen LogP contribution in [0.1, 0.15) is 24.0 Å². The van der Waals surface area contributed by atoms with Gasteiger partial charge in [0, 0.05) is 12.1 Å². The Morgan fingerprint density at radius 1 is 1.03 bits per heavy atom. The van der Waals surface area contributed by atoms with E-state index in [4.69, 9.17) is 5.14 Å². The van der Waals surface area contributed by atoms with Gasteiger partial charge in [-0.25, -0.2) is 17.9 Å². The molecule has 0 saturated heterocycles. The summed E-state index contributed by atoms with van der Waals surface area (Å²) in [6, 6.07) is 20.3. The summed E-state index contributed by atoms with van der Waals surface area (Å²) in [6.07, 6.45) is 0.532. The highest BCUT2D eigenvalue weighted by Gasteiger charge is 2.17. The summed E-state index contributed by atoms with van der Waals surface area (Å²) in [6.45, 7) is 2.11. The summed E-state index contributed by atoms with van der Waals surface area (Å²) >= 11 is 0. The summed E-state index contributed by atoms with van der Waals surface area (Å²) in [7, 11) is -3.72. The number of nitrogens with two attached hydrogens (primary N) is 1. The molecule has 0 fully saturated rings. The second kappa shape index (κ2) is 9.19. The fraction of sp³-hybridized carbons (Fsp3) is 0.174. The van der Waals surface area contributed by atoms with E-state index in [0.717, 1.165) is 11.1 Å². The Bertz CT molecular complexity index is 1130. The van der Waals surface area contributed by atoms with Crippen LogP contribution in [0.2, 0.25) is 0 Å². The minimum Gasteiger partial charge on any atom is -0.355 e. The van der Waals surface area contributed by atoms with Crippen molar-refractivity contribution in [1.82, 2.24) is 5.32 Å². The van der Waals surface area contributed by atoms with Crippen molar-refractivity contribution in [1.29, 1.82) is 0 Å². The number of benzene rings is 3. The molecular weight excluding hydrogens is 403 g/mol. The smallest absolute Gasteiger partial charge is 0.238 e. The van der Waals surface area contributed by atoms with E-state index in [1.165, 1.54) is 18.2 Å². The van der Waals surface area contributed by atoms with Gasteiger partial charge in [-0.2, -0.15) is 0 Å². The van der Waals surface area contributed by atoms with E-state index in [1.807, 2.05) is 30.3 Å². The highest BCUT2D eigenvalue weighted by Crippen LogP contribution is 2.26. The average Bonchev–Trinajstić information content (AvgIpc) is 2.73. The van der Waals surface area contributed by atoms with Gasteiger partial charge in [0.1, 0.15) is 5.82 Å². The van der Waals surface area contributed by atoms with Crippen molar-refractivity contribution in [3.05, 3.63) is 89.7 Å². The van der Waals surface area contributed by atoms with Crippen LogP contribution in [-0.4, -0.2) is 20.9 Å². The van der Waals surface area contributed by atoms with Crippen LogP contribution in [-0.2, 0) is 21.2 Å².